The van der Waals surface area contributed by atoms with Crippen molar-refractivity contribution in [1.82, 2.24) is 23.4 Å². The van der Waals surface area contributed by atoms with Gasteiger partial charge in [-0.2, -0.15) is 8.61 Å². The van der Waals surface area contributed by atoms with Gasteiger partial charge in [0.05, 0.1) is 12.8 Å². The van der Waals surface area contributed by atoms with Gasteiger partial charge in [0, 0.05) is 43.7 Å². The first kappa shape index (κ1) is 38.9. The van der Waals surface area contributed by atoms with E-state index in [-0.39, 0.29) is 13.6 Å². The van der Waals surface area contributed by atoms with Gasteiger partial charge in [0.25, 0.3) is 10.0 Å². The number of thiazole rings is 1. The standard InChI is InChI=1S/C35H53BrClN5O5S3/c1-26-34(48-35(37)38-26)50(45,46)42-21-13-30(14-22-42)25-40-17-9-28(10-18-40)4-3-27-7-15-39(16-8-27)24-29-11-19-41(20-12-29)49(43,44)33-23-31(36)5-6-32(33)47-2/h5-6,23,27-30H,3-4,7-22,24-25H2,1-2H3. The van der Waals surface area contributed by atoms with Crippen molar-refractivity contribution in [3.8, 4) is 5.75 Å². The van der Waals surface area contributed by atoms with Crippen molar-refractivity contribution >= 4 is 58.9 Å². The van der Waals surface area contributed by atoms with Gasteiger partial charge in [-0.3, -0.25) is 0 Å². The average Bonchev–Trinajstić information content (AvgIpc) is 3.47. The maximum Gasteiger partial charge on any atom is 0.254 e. The van der Waals surface area contributed by atoms with E-state index in [0.717, 1.165) is 92.6 Å². The molecule has 4 saturated heterocycles. The Morgan fingerprint density at radius 3 is 1.66 bits per heavy atom. The molecular weight excluding hydrogens is 782 g/mol. The summed E-state index contributed by atoms with van der Waals surface area (Å²) in [6.45, 7) is 10.8. The third-order valence-corrected chi connectivity index (χ3v) is 17.8. The molecule has 0 unspecified atom stereocenters. The van der Waals surface area contributed by atoms with Crippen LogP contribution in [0.3, 0.4) is 0 Å². The predicted octanol–water partition coefficient (Wildman–Crippen LogP) is 6.58. The zero-order valence-corrected chi connectivity index (χ0v) is 34.2. The molecule has 1 aromatic carbocycles. The van der Waals surface area contributed by atoms with Gasteiger partial charge in [-0.15, -0.1) is 0 Å². The molecule has 2 aromatic rings. The van der Waals surface area contributed by atoms with Gasteiger partial charge in [0.15, 0.2) is 8.68 Å². The SMILES string of the molecule is COc1ccc(Br)cc1S(=O)(=O)N1CCC(CN2CCC(CCC3CCN(CC4CCN(S(=O)(=O)c5sc(Cl)nc5C)CC4)CC3)CC2)CC1. The van der Waals surface area contributed by atoms with Gasteiger partial charge >= 0.3 is 0 Å². The van der Waals surface area contributed by atoms with E-state index in [2.05, 4.69) is 30.7 Å². The van der Waals surface area contributed by atoms with E-state index in [1.54, 1.807) is 33.7 Å². The lowest BCUT2D eigenvalue weighted by Crippen LogP contribution is -2.43. The number of methoxy groups -OCH3 is 1. The van der Waals surface area contributed by atoms with Crippen LogP contribution in [0.15, 0.2) is 31.8 Å². The van der Waals surface area contributed by atoms with E-state index >= 15 is 0 Å². The van der Waals surface area contributed by atoms with Crippen molar-refractivity contribution < 1.29 is 21.6 Å². The van der Waals surface area contributed by atoms with Crippen LogP contribution in [0, 0.1) is 30.6 Å². The molecule has 10 nitrogen and oxygen atoms in total. The average molecular weight is 835 g/mol. The van der Waals surface area contributed by atoms with E-state index in [9.17, 15) is 16.8 Å². The molecule has 4 fully saturated rings. The largest absolute Gasteiger partial charge is 0.495 e. The number of likely N-dealkylation sites (tertiary alicyclic amines) is 2. The highest BCUT2D eigenvalue weighted by molar-refractivity contribution is 9.10. The molecule has 0 aliphatic carbocycles. The molecule has 0 N–H and O–H groups in total. The molecule has 0 saturated carbocycles. The minimum Gasteiger partial charge on any atom is -0.495 e. The molecular formula is C35H53BrClN5O5S3. The Labute approximate surface area is 317 Å². The number of ether oxygens (including phenoxy) is 1. The maximum atomic E-state index is 13.4. The van der Waals surface area contributed by atoms with Crippen LogP contribution in [0.4, 0.5) is 0 Å². The number of hydrogen-bond acceptors (Lipinski definition) is 9. The molecule has 15 heteroatoms. The summed E-state index contributed by atoms with van der Waals surface area (Å²) in [6.07, 6.45) is 11.4. The monoisotopic (exact) mass is 833 g/mol. The lowest BCUT2D eigenvalue weighted by molar-refractivity contribution is 0.118. The summed E-state index contributed by atoms with van der Waals surface area (Å²) in [6, 6.07) is 5.14. The number of halogens is 2. The highest BCUT2D eigenvalue weighted by Crippen LogP contribution is 2.35. The molecule has 0 atom stereocenters. The van der Waals surface area contributed by atoms with Crippen LogP contribution < -0.4 is 4.74 Å². The second-order valence-electron chi connectivity index (χ2n) is 14.9. The molecule has 0 spiro atoms. The normalized spacial score (nSPS) is 22.7. The number of rotatable bonds is 12. The zero-order chi connectivity index (χ0) is 35.5. The zero-order valence-electron chi connectivity index (χ0n) is 29.4. The quantitative estimate of drug-likeness (QED) is 0.237. The van der Waals surface area contributed by atoms with E-state index in [4.69, 9.17) is 16.3 Å². The van der Waals surface area contributed by atoms with Gasteiger partial charge < -0.3 is 14.5 Å². The number of nitrogens with zero attached hydrogens (tertiary/aromatic N) is 5. The van der Waals surface area contributed by atoms with Crippen LogP contribution in [0.5, 0.6) is 5.75 Å². The predicted molar refractivity (Wildman–Crippen MR) is 203 cm³/mol. The molecule has 1 aromatic heterocycles. The molecule has 4 aliphatic heterocycles. The molecule has 5 heterocycles. The van der Waals surface area contributed by atoms with Gasteiger partial charge in [-0.1, -0.05) is 51.7 Å². The van der Waals surface area contributed by atoms with Crippen molar-refractivity contribution in [2.24, 2.45) is 23.7 Å². The molecule has 6 rings (SSSR count). The smallest absolute Gasteiger partial charge is 0.254 e. The number of piperidine rings is 4. The van der Waals surface area contributed by atoms with Crippen molar-refractivity contribution in [3.63, 3.8) is 0 Å². The first-order valence-electron chi connectivity index (χ1n) is 18.3. The highest BCUT2D eigenvalue weighted by Gasteiger charge is 2.35. The number of benzene rings is 1. The van der Waals surface area contributed by atoms with Crippen molar-refractivity contribution in [1.29, 1.82) is 0 Å². The van der Waals surface area contributed by atoms with E-state index in [0.29, 0.717) is 49.5 Å². The summed E-state index contributed by atoms with van der Waals surface area (Å²) in [5.74, 6) is 3.13. The lowest BCUT2D eigenvalue weighted by Gasteiger charge is -2.38. The third-order valence-electron chi connectivity index (χ3n) is 11.6. The number of sulfonamides is 2. The molecule has 50 heavy (non-hydrogen) atoms. The van der Waals surface area contributed by atoms with Crippen LogP contribution in [0.2, 0.25) is 4.47 Å². The van der Waals surface area contributed by atoms with Crippen LogP contribution in [0.1, 0.15) is 69.9 Å². The second kappa shape index (κ2) is 17.1. The number of aromatic nitrogens is 1. The Morgan fingerprint density at radius 2 is 1.22 bits per heavy atom. The molecule has 4 aliphatic rings. The minimum atomic E-state index is -3.59. The first-order chi connectivity index (χ1) is 23.9. The number of aryl methyl sites for hydroxylation is 1. The molecule has 0 amide bonds. The Morgan fingerprint density at radius 1 is 0.760 bits per heavy atom. The van der Waals surface area contributed by atoms with Crippen LogP contribution in [-0.4, -0.2) is 113 Å². The van der Waals surface area contributed by atoms with E-state index in [1.807, 2.05) is 0 Å². The van der Waals surface area contributed by atoms with Gasteiger partial charge in [0.1, 0.15) is 10.6 Å². The summed E-state index contributed by atoms with van der Waals surface area (Å²) >= 11 is 10.4. The Balaban J connectivity index is 0.841. The van der Waals surface area contributed by atoms with Crippen LogP contribution in [0.25, 0.3) is 0 Å². The molecule has 0 bridgehead atoms. The first-order valence-corrected chi connectivity index (χ1v) is 23.2. The summed E-state index contributed by atoms with van der Waals surface area (Å²) in [7, 11) is -5.60. The fraction of sp³-hybridized carbons (Fsp3) is 0.743. The van der Waals surface area contributed by atoms with Gasteiger partial charge in [-0.05, 0) is 126 Å². The van der Waals surface area contributed by atoms with E-state index in [1.165, 1.54) is 45.6 Å². The van der Waals surface area contributed by atoms with E-state index < -0.39 is 20.0 Å². The third kappa shape index (κ3) is 9.44. The summed E-state index contributed by atoms with van der Waals surface area (Å²) in [4.78, 5) is 9.58. The van der Waals surface area contributed by atoms with Crippen LogP contribution >= 0.6 is 38.9 Å². The van der Waals surface area contributed by atoms with Crippen molar-refractivity contribution in [2.75, 3.05) is 72.6 Å². The maximum absolute atomic E-state index is 13.4. The lowest BCUT2D eigenvalue weighted by atomic mass is 9.84. The summed E-state index contributed by atoms with van der Waals surface area (Å²) in [5, 5.41) is 0. The van der Waals surface area contributed by atoms with Gasteiger partial charge in [-0.25, -0.2) is 21.8 Å². The fourth-order valence-electron chi connectivity index (χ4n) is 8.48. The van der Waals surface area contributed by atoms with Crippen molar-refractivity contribution in [2.45, 2.75) is 80.2 Å². The van der Waals surface area contributed by atoms with Crippen molar-refractivity contribution in [3.05, 3.63) is 32.8 Å². The Hall–Kier alpha value is -0.840. The fourth-order valence-corrected chi connectivity index (χ4v) is 14.0. The minimum absolute atomic E-state index is 0.235. The Kier molecular flexibility index (Phi) is 13.3. The van der Waals surface area contributed by atoms with Gasteiger partial charge in [0.2, 0.25) is 10.0 Å². The second-order valence-corrected chi connectivity index (χ2v) is 21.4. The van der Waals surface area contributed by atoms with Crippen LogP contribution in [-0.2, 0) is 20.0 Å². The summed E-state index contributed by atoms with van der Waals surface area (Å²) < 4.78 is 63.0. The molecule has 0 radical (unpaired) electrons. The Bertz CT molecular complexity index is 1650. The highest BCUT2D eigenvalue weighted by atomic mass is 79.9. The topological polar surface area (TPSA) is 103 Å². The summed E-state index contributed by atoms with van der Waals surface area (Å²) in [5.41, 5.74) is 0.496. The molecule has 280 valence electrons. The number of hydrogen-bond donors (Lipinski definition) is 0.